The summed E-state index contributed by atoms with van der Waals surface area (Å²) < 4.78 is 10.7. The lowest BCUT2D eigenvalue weighted by Gasteiger charge is -2.21. The van der Waals surface area contributed by atoms with Crippen molar-refractivity contribution in [3.63, 3.8) is 0 Å². The lowest BCUT2D eigenvalue weighted by molar-refractivity contribution is -0.152. The van der Waals surface area contributed by atoms with Crippen LogP contribution in [0.1, 0.15) is 32.1 Å². The number of ether oxygens (including phenoxy) is 2. The fraction of sp³-hybridized carbons (Fsp3) is 0.500. The summed E-state index contributed by atoms with van der Waals surface area (Å²) in [6.45, 7) is -0.0787. The second-order valence-corrected chi connectivity index (χ2v) is 4.58. The molecule has 0 saturated heterocycles. The van der Waals surface area contributed by atoms with Crippen LogP contribution in [0.15, 0.2) is 24.3 Å². The Balaban J connectivity index is 1.76. The van der Waals surface area contributed by atoms with Crippen molar-refractivity contribution in [2.75, 3.05) is 12.3 Å². The first-order valence-electron chi connectivity index (χ1n) is 6.42. The summed E-state index contributed by atoms with van der Waals surface area (Å²) in [6, 6.07) is 7.12. The molecule has 1 saturated carbocycles. The van der Waals surface area contributed by atoms with E-state index in [4.69, 9.17) is 15.2 Å². The van der Waals surface area contributed by atoms with Gasteiger partial charge in [-0.05, 0) is 37.8 Å². The van der Waals surface area contributed by atoms with Crippen LogP contribution in [-0.4, -0.2) is 18.7 Å². The van der Waals surface area contributed by atoms with Gasteiger partial charge in [0.25, 0.3) is 0 Å². The van der Waals surface area contributed by atoms with E-state index in [0.29, 0.717) is 11.4 Å². The Morgan fingerprint density at radius 1 is 1.22 bits per heavy atom. The van der Waals surface area contributed by atoms with E-state index in [-0.39, 0.29) is 18.7 Å². The predicted molar refractivity (Wildman–Crippen MR) is 69.3 cm³/mol. The van der Waals surface area contributed by atoms with Gasteiger partial charge in [-0.25, -0.2) is 4.79 Å². The summed E-state index contributed by atoms with van der Waals surface area (Å²) in [7, 11) is 0. The van der Waals surface area contributed by atoms with Gasteiger partial charge in [0.2, 0.25) is 0 Å². The quantitative estimate of drug-likeness (QED) is 0.658. The number of hydrogen-bond donors (Lipinski definition) is 1. The minimum Gasteiger partial charge on any atom is -0.480 e. The van der Waals surface area contributed by atoms with E-state index in [2.05, 4.69) is 0 Å². The molecule has 0 atom stereocenters. The van der Waals surface area contributed by atoms with Crippen molar-refractivity contribution in [3.05, 3.63) is 24.3 Å². The van der Waals surface area contributed by atoms with Gasteiger partial charge >= 0.3 is 5.97 Å². The van der Waals surface area contributed by atoms with Crippen molar-refractivity contribution in [2.24, 2.45) is 0 Å². The van der Waals surface area contributed by atoms with Gasteiger partial charge in [-0.2, -0.15) is 0 Å². The molecule has 0 heterocycles. The number of nitrogens with two attached hydrogens (primary N) is 1. The summed E-state index contributed by atoms with van der Waals surface area (Å²) >= 11 is 0. The second kappa shape index (κ2) is 6.28. The number of esters is 1. The van der Waals surface area contributed by atoms with Crippen LogP contribution < -0.4 is 10.5 Å². The third-order valence-corrected chi connectivity index (χ3v) is 3.11. The van der Waals surface area contributed by atoms with Crippen molar-refractivity contribution in [3.8, 4) is 5.75 Å². The van der Waals surface area contributed by atoms with Crippen LogP contribution in [-0.2, 0) is 9.53 Å². The topological polar surface area (TPSA) is 61.5 Å². The van der Waals surface area contributed by atoms with Crippen molar-refractivity contribution >= 4 is 11.7 Å². The molecule has 1 aromatic carbocycles. The number of nitrogen functional groups attached to an aromatic ring is 1. The molecule has 0 amide bonds. The molecule has 1 aliphatic carbocycles. The zero-order chi connectivity index (χ0) is 12.8. The van der Waals surface area contributed by atoms with Crippen molar-refractivity contribution < 1.29 is 14.3 Å². The zero-order valence-corrected chi connectivity index (χ0v) is 10.4. The number of rotatable bonds is 4. The van der Waals surface area contributed by atoms with Crippen LogP contribution in [0.4, 0.5) is 5.69 Å². The minimum atomic E-state index is -0.315. The Kier molecular flexibility index (Phi) is 4.45. The predicted octanol–water partition coefficient (Wildman–Crippen LogP) is 2.52. The molecule has 4 nitrogen and oxygen atoms in total. The first kappa shape index (κ1) is 12.7. The number of carbonyl (C=O) groups is 1. The Morgan fingerprint density at radius 2 is 1.94 bits per heavy atom. The van der Waals surface area contributed by atoms with Crippen LogP contribution >= 0.6 is 0 Å². The molecule has 0 aromatic heterocycles. The van der Waals surface area contributed by atoms with E-state index in [1.54, 1.807) is 12.1 Å². The fourth-order valence-corrected chi connectivity index (χ4v) is 2.15. The van der Waals surface area contributed by atoms with Crippen molar-refractivity contribution in [1.29, 1.82) is 0 Å². The van der Waals surface area contributed by atoms with Crippen LogP contribution in [0.3, 0.4) is 0 Å². The number of benzene rings is 1. The van der Waals surface area contributed by atoms with Gasteiger partial charge in [0.05, 0.1) is 5.69 Å². The standard InChI is InChI=1S/C14H19NO3/c15-12-8-4-5-9-13(12)17-10-14(16)18-11-6-2-1-3-7-11/h4-5,8-9,11H,1-3,6-7,10,15H2. The third kappa shape index (κ3) is 3.65. The van der Waals surface area contributed by atoms with Crippen molar-refractivity contribution in [2.45, 2.75) is 38.2 Å². The molecule has 2 rings (SSSR count). The van der Waals surface area contributed by atoms with Gasteiger partial charge in [0.1, 0.15) is 11.9 Å². The molecule has 0 radical (unpaired) electrons. The highest BCUT2D eigenvalue weighted by atomic mass is 16.6. The first-order valence-corrected chi connectivity index (χ1v) is 6.42. The molecule has 2 N–H and O–H groups in total. The fourth-order valence-electron chi connectivity index (χ4n) is 2.15. The van der Waals surface area contributed by atoms with Gasteiger partial charge in [0.15, 0.2) is 6.61 Å². The lowest BCUT2D eigenvalue weighted by atomic mass is 9.98. The minimum absolute atomic E-state index is 0.0722. The molecular weight excluding hydrogens is 230 g/mol. The van der Waals surface area contributed by atoms with E-state index in [1.165, 1.54) is 6.42 Å². The molecule has 1 aliphatic rings. The maximum atomic E-state index is 11.6. The number of hydrogen-bond acceptors (Lipinski definition) is 4. The number of anilines is 1. The molecule has 0 bridgehead atoms. The van der Waals surface area contributed by atoms with Crippen LogP contribution in [0, 0.1) is 0 Å². The second-order valence-electron chi connectivity index (χ2n) is 4.58. The molecule has 98 valence electrons. The normalized spacial score (nSPS) is 16.2. The summed E-state index contributed by atoms with van der Waals surface area (Å²) in [4.78, 5) is 11.6. The molecule has 1 aromatic rings. The van der Waals surface area contributed by atoms with Gasteiger partial charge < -0.3 is 15.2 Å². The van der Waals surface area contributed by atoms with Crippen LogP contribution in [0.2, 0.25) is 0 Å². The Labute approximate surface area is 107 Å². The van der Waals surface area contributed by atoms with E-state index < -0.39 is 0 Å². The molecule has 0 aliphatic heterocycles. The van der Waals surface area contributed by atoms with Gasteiger partial charge in [-0.1, -0.05) is 18.6 Å². The summed E-state index contributed by atoms with van der Waals surface area (Å²) in [6.07, 6.45) is 5.54. The summed E-state index contributed by atoms with van der Waals surface area (Å²) in [5, 5.41) is 0. The van der Waals surface area contributed by atoms with Gasteiger partial charge in [-0.15, -0.1) is 0 Å². The first-order chi connectivity index (χ1) is 8.75. The third-order valence-electron chi connectivity index (χ3n) is 3.11. The summed E-state index contributed by atoms with van der Waals surface area (Å²) in [5.74, 6) is 0.211. The SMILES string of the molecule is Nc1ccccc1OCC(=O)OC1CCCCC1. The highest BCUT2D eigenvalue weighted by Crippen LogP contribution is 2.21. The molecule has 1 fully saturated rings. The number of para-hydroxylation sites is 2. The van der Waals surface area contributed by atoms with E-state index >= 15 is 0 Å². The Bertz CT molecular complexity index is 400. The zero-order valence-electron chi connectivity index (χ0n) is 10.4. The molecule has 4 heteroatoms. The highest BCUT2D eigenvalue weighted by molar-refractivity contribution is 5.71. The monoisotopic (exact) mass is 249 g/mol. The maximum absolute atomic E-state index is 11.6. The van der Waals surface area contributed by atoms with E-state index in [0.717, 1.165) is 25.7 Å². The molecular formula is C14H19NO3. The van der Waals surface area contributed by atoms with Crippen LogP contribution in [0.5, 0.6) is 5.75 Å². The smallest absolute Gasteiger partial charge is 0.344 e. The van der Waals surface area contributed by atoms with E-state index in [1.807, 2.05) is 12.1 Å². The van der Waals surface area contributed by atoms with Gasteiger partial charge in [0, 0.05) is 0 Å². The maximum Gasteiger partial charge on any atom is 0.344 e. The summed E-state index contributed by atoms with van der Waals surface area (Å²) in [5.41, 5.74) is 6.24. The highest BCUT2D eigenvalue weighted by Gasteiger charge is 2.17. The Morgan fingerprint density at radius 3 is 2.67 bits per heavy atom. The molecule has 18 heavy (non-hydrogen) atoms. The lowest BCUT2D eigenvalue weighted by Crippen LogP contribution is -2.24. The van der Waals surface area contributed by atoms with Crippen molar-refractivity contribution in [1.82, 2.24) is 0 Å². The number of carbonyl (C=O) groups excluding carboxylic acids is 1. The van der Waals surface area contributed by atoms with Gasteiger partial charge in [-0.3, -0.25) is 0 Å². The van der Waals surface area contributed by atoms with E-state index in [9.17, 15) is 4.79 Å². The average Bonchev–Trinajstić information content (AvgIpc) is 2.39. The Hall–Kier alpha value is -1.71. The average molecular weight is 249 g/mol. The molecule has 0 spiro atoms. The molecule has 0 unspecified atom stereocenters. The largest absolute Gasteiger partial charge is 0.480 e. The van der Waals surface area contributed by atoms with Crippen LogP contribution in [0.25, 0.3) is 0 Å².